The van der Waals surface area contributed by atoms with Gasteiger partial charge in [0.05, 0.1) is 0 Å². The Labute approximate surface area is 79.9 Å². The maximum Gasteiger partial charge on any atom is 0.132 e. The van der Waals surface area contributed by atoms with E-state index in [0.717, 1.165) is 12.2 Å². The molecule has 0 aliphatic rings. The summed E-state index contributed by atoms with van der Waals surface area (Å²) in [6.07, 6.45) is 4.97. The van der Waals surface area contributed by atoms with Gasteiger partial charge in [-0.2, -0.15) is 0 Å². The van der Waals surface area contributed by atoms with Crippen LogP contribution in [0.3, 0.4) is 0 Å². The van der Waals surface area contributed by atoms with E-state index in [9.17, 15) is 0 Å². The Morgan fingerprint density at radius 2 is 2.31 bits per heavy atom. The van der Waals surface area contributed by atoms with Crippen molar-refractivity contribution in [3.63, 3.8) is 0 Å². The Balaban J connectivity index is 2.85. The molecule has 0 unspecified atom stereocenters. The zero-order chi connectivity index (χ0) is 9.68. The van der Waals surface area contributed by atoms with Crippen molar-refractivity contribution in [2.45, 2.75) is 20.3 Å². The number of nitrogens with zero attached hydrogens (tertiary/aromatic N) is 2. The first-order valence-electron chi connectivity index (χ1n) is 4.59. The average Bonchev–Trinajstić information content (AvgIpc) is 2.21. The smallest absolute Gasteiger partial charge is 0.132 e. The fourth-order valence-electron chi connectivity index (χ4n) is 1.33. The molecule has 1 heterocycles. The highest BCUT2D eigenvalue weighted by molar-refractivity contribution is 5.43. The number of aromatic nitrogens is 1. The van der Waals surface area contributed by atoms with Crippen LogP contribution in [0.5, 0.6) is 0 Å². The summed E-state index contributed by atoms with van der Waals surface area (Å²) >= 11 is 0. The molecular formula is C11H16N2. The molecule has 0 aromatic carbocycles. The van der Waals surface area contributed by atoms with Crippen LogP contribution in [0, 0.1) is 0 Å². The molecule has 0 amide bonds. The van der Waals surface area contributed by atoms with Crippen molar-refractivity contribution in [1.82, 2.24) is 4.98 Å². The average molecular weight is 176 g/mol. The number of allylic oxidation sites excluding steroid dienone is 2. The van der Waals surface area contributed by atoms with Gasteiger partial charge in [-0.05, 0) is 25.5 Å². The largest absolute Gasteiger partial charge is 0.334 e. The third-order valence-corrected chi connectivity index (χ3v) is 2.12. The van der Waals surface area contributed by atoms with E-state index in [1.165, 1.54) is 5.70 Å². The van der Waals surface area contributed by atoms with Gasteiger partial charge in [-0.1, -0.05) is 19.1 Å². The lowest BCUT2D eigenvalue weighted by Crippen LogP contribution is -2.16. The molecule has 0 aliphatic heterocycles. The molecule has 0 bridgehead atoms. The van der Waals surface area contributed by atoms with Crippen LogP contribution < -0.4 is 4.90 Å². The minimum Gasteiger partial charge on any atom is -0.334 e. The molecule has 1 aromatic heterocycles. The number of hydrogen-bond donors (Lipinski definition) is 0. The molecule has 0 N–H and O–H groups in total. The highest BCUT2D eigenvalue weighted by Gasteiger charge is 2.03. The lowest BCUT2D eigenvalue weighted by Gasteiger charge is -2.20. The maximum absolute atomic E-state index is 4.28. The van der Waals surface area contributed by atoms with Gasteiger partial charge in [0, 0.05) is 18.9 Å². The Morgan fingerprint density at radius 3 is 2.77 bits per heavy atom. The monoisotopic (exact) mass is 176 g/mol. The van der Waals surface area contributed by atoms with E-state index < -0.39 is 0 Å². The molecule has 1 rings (SSSR count). The lowest BCUT2D eigenvalue weighted by molar-refractivity contribution is 0.950. The van der Waals surface area contributed by atoms with Crippen LogP contribution in [-0.4, -0.2) is 12.0 Å². The molecule has 0 saturated carbocycles. The number of rotatable bonds is 3. The summed E-state index contributed by atoms with van der Waals surface area (Å²) in [6.45, 7) is 4.20. The summed E-state index contributed by atoms with van der Waals surface area (Å²) in [5.74, 6) is 0.998. The van der Waals surface area contributed by atoms with Crippen molar-refractivity contribution in [3.05, 3.63) is 36.2 Å². The quantitative estimate of drug-likeness (QED) is 0.704. The van der Waals surface area contributed by atoms with Crippen LogP contribution in [0.25, 0.3) is 0 Å². The summed E-state index contributed by atoms with van der Waals surface area (Å²) in [7, 11) is 2.04. The van der Waals surface area contributed by atoms with Crippen LogP contribution in [0.2, 0.25) is 0 Å². The topological polar surface area (TPSA) is 16.1 Å². The highest BCUT2D eigenvalue weighted by Crippen LogP contribution is 2.15. The van der Waals surface area contributed by atoms with Crippen molar-refractivity contribution in [2.24, 2.45) is 0 Å². The summed E-state index contributed by atoms with van der Waals surface area (Å²) in [5.41, 5.74) is 1.29. The second-order valence-electron chi connectivity index (χ2n) is 2.88. The Morgan fingerprint density at radius 1 is 1.54 bits per heavy atom. The molecule has 0 spiro atoms. The second-order valence-corrected chi connectivity index (χ2v) is 2.88. The molecular weight excluding hydrogens is 160 g/mol. The normalized spacial score (nSPS) is 11.5. The second kappa shape index (κ2) is 4.65. The number of pyridine rings is 1. The van der Waals surface area contributed by atoms with E-state index in [0.29, 0.717) is 0 Å². The Bertz CT molecular complexity index is 277. The first kappa shape index (κ1) is 9.78. The third-order valence-electron chi connectivity index (χ3n) is 2.12. The van der Waals surface area contributed by atoms with E-state index in [-0.39, 0.29) is 0 Å². The zero-order valence-electron chi connectivity index (χ0n) is 8.49. The minimum atomic E-state index is 0.998. The Hall–Kier alpha value is -1.31. The van der Waals surface area contributed by atoms with Crippen molar-refractivity contribution in [1.29, 1.82) is 0 Å². The first-order chi connectivity index (χ1) is 6.29. The molecule has 0 fully saturated rings. The molecule has 13 heavy (non-hydrogen) atoms. The summed E-state index contributed by atoms with van der Waals surface area (Å²) in [5, 5.41) is 0. The SMILES string of the molecule is C/C=C(/CC)N(C)c1ccccn1. The van der Waals surface area contributed by atoms with Gasteiger partial charge in [-0.15, -0.1) is 0 Å². The van der Waals surface area contributed by atoms with E-state index in [1.54, 1.807) is 0 Å². The lowest BCUT2D eigenvalue weighted by atomic mass is 10.3. The molecule has 1 aromatic rings. The highest BCUT2D eigenvalue weighted by atomic mass is 15.2. The zero-order valence-corrected chi connectivity index (χ0v) is 8.49. The summed E-state index contributed by atoms with van der Waals surface area (Å²) in [4.78, 5) is 6.39. The van der Waals surface area contributed by atoms with Gasteiger partial charge in [-0.25, -0.2) is 4.98 Å². The minimum absolute atomic E-state index is 0.998. The first-order valence-corrected chi connectivity index (χ1v) is 4.59. The van der Waals surface area contributed by atoms with Crippen molar-refractivity contribution in [3.8, 4) is 0 Å². The van der Waals surface area contributed by atoms with E-state index in [1.807, 2.05) is 31.4 Å². The molecule has 0 aliphatic carbocycles. The molecule has 2 heteroatoms. The van der Waals surface area contributed by atoms with Crippen LogP contribution in [0.1, 0.15) is 20.3 Å². The fourth-order valence-corrected chi connectivity index (χ4v) is 1.33. The van der Waals surface area contributed by atoms with Gasteiger partial charge < -0.3 is 4.90 Å². The van der Waals surface area contributed by atoms with E-state index in [4.69, 9.17) is 0 Å². The maximum atomic E-state index is 4.28. The standard InChI is InChI=1S/C11H16N2/c1-4-10(5-2)13(3)11-8-6-7-9-12-11/h4,6-9H,5H2,1-3H3/b10-4-. The molecule has 0 saturated heterocycles. The van der Waals surface area contributed by atoms with Crippen LogP contribution in [-0.2, 0) is 0 Å². The number of anilines is 1. The van der Waals surface area contributed by atoms with Crippen molar-refractivity contribution < 1.29 is 0 Å². The van der Waals surface area contributed by atoms with Gasteiger partial charge in [0.25, 0.3) is 0 Å². The summed E-state index contributed by atoms with van der Waals surface area (Å²) in [6, 6.07) is 5.94. The van der Waals surface area contributed by atoms with Crippen LogP contribution in [0.4, 0.5) is 5.82 Å². The van der Waals surface area contributed by atoms with E-state index in [2.05, 4.69) is 29.8 Å². The number of hydrogen-bond acceptors (Lipinski definition) is 2. The molecule has 2 nitrogen and oxygen atoms in total. The predicted octanol–water partition coefficient (Wildman–Crippen LogP) is 2.83. The van der Waals surface area contributed by atoms with E-state index >= 15 is 0 Å². The van der Waals surface area contributed by atoms with Gasteiger partial charge in [0.1, 0.15) is 5.82 Å². The molecule has 70 valence electrons. The van der Waals surface area contributed by atoms with Crippen molar-refractivity contribution >= 4 is 5.82 Å². The van der Waals surface area contributed by atoms with Crippen LogP contribution in [0.15, 0.2) is 36.2 Å². The Kier molecular flexibility index (Phi) is 3.50. The van der Waals surface area contributed by atoms with Gasteiger partial charge in [-0.3, -0.25) is 0 Å². The predicted molar refractivity (Wildman–Crippen MR) is 56.7 cm³/mol. The van der Waals surface area contributed by atoms with Crippen LogP contribution >= 0.6 is 0 Å². The van der Waals surface area contributed by atoms with Gasteiger partial charge in [0.2, 0.25) is 0 Å². The van der Waals surface area contributed by atoms with Crippen molar-refractivity contribution in [2.75, 3.05) is 11.9 Å². The molecule has 0 radical (unpaired) electrons. The van der Waals surface area contributed by atoms with Gasteiger partial charge >= 0.3 is 0 Å². The van der Waals surface area contributed by atoms with Gasteiger partial charge in [0.15, 0.2) is 0 Å². The summed E-state index contributed by atoms with van der Waals surface area (Å²) < 4.78 is 0. The molecule has 0 atom stereocenters. The fraction of sp³-hybridized carbons (Fsp3) is 0.364. The third kappa shape index (κ3) is 2.31.